The topological polar surface area (TPSA) is 93.1 Å². The van der Waals surface area contributed by atoms with E-state index in [0.717, 1.165) is 6.20 Å². The van der Waals surface area contributed by atoms with Gasteiger partial charge in [-0.15, -0.1) is 6.58 Å². The van der Waals surface area contributed by atoms with Gasteiger partial charge in [-0.1, -0.05) is 29.8 Å². The van der Waals surface area contributed by atoms with E-state index >= 15 is 0 Å². The first-order valence-corrected chi connectivity index (χ1v) is 11.4. The van der Waals surface area contributed by atoms with Crippen LogP contribution in [-0.2, 0) is 22.0 Å². The van der Waals surface area contributed by atoms with Gasteiger partial charge in [-0.3, -0.25) is 4.79 Å². The number of nitrogens with one attached hydrogen (secondary N) is 2. The summed E-state index contributed by atoms with van der Waals surface area (Å²) in [5.41, 5.74) is -1.21. The number of carbonyl (C=O) groups is 1. The van der Waals surface area contributed by atoms with Crippen LogP contribution in [0, 0.1) is 0 Å². The number of carbonyl (C=O) groups excluding carboxylic acids is 1. The largest absolute Gasteiger partial charge is 0.434 e. The molecule has 174 valence electrons. The van der Waals surface area contributed by atoms with Gasteiger partial charge in [0.25, 0.3) is 5.91 Å². The molecule has 1 aromatic heterocycles. The third kappa shape index (κ3) is 6.21. The zero-order chi connectivity index (χ0) is 24.2. The number of aromatic nitrogens is 2. The van der Waals surface area contributed by atoms with Crippen LogP contribution in [0.4, 0.5) is 18.9 Å². The highest BCUT2D eigenvalue weighted by molar-refractivity contribution is 7.88. The van der Waals surface area contributed by atoms with E-state index in [4.69, 9.17) is 11.6 Å². The Morgan fingerprint density at radius 1 is 1.12 bits per heavy atom. The van der Waals surface area contributed by atoms with Gasteiger partial charge in [0.15, 0.2) is 5.69 Å². The Morgan fingerprint density at radius 3 is 2.33 bits per heavy atom. The maximum atomic E-state index is 13.8. The minimum atomic E-state index is -4.86. The fourth-order valence-corrected chi connectivity index (χ4v) is 4.14. The lowest BCUT2D eigenvalue weighted by Gasteiger charge is -2.13. The summed E-state index contributed by atoms with van der Waals surface area (Å²) in [6.45, 7) is 3.51. The Kier molecular flexibility index (Phi) is 7.25. The standard InChI is InChI=1S/C21H18ClF3N4O3S/c1-2-11-27-33(31,32)13-14-3-7-16(8-4-14)28-20(30)18-12-26-29(19(18)21(23,24)25)17-9-5-15(22)6-10-17/h2-10,12,27H,1,11,13H2,(H,28,30). The SMILES string of the molecule is C=CCNS(=O)(=O)Cc1ccc(NC(=O)c2cnn(-c3ccc(Cl)cc3)c2C(F)(F)F)cc1. The van der Waals surface area contributed by atoms with E-state index < -0.39 is 33.4 Å². The van der Waals surface area contributed by atoms with Crippen molar-refractivity contribution in [3.8, 4) is 5.69 Å². The summed E-state index contributed by atoms with van der Waals surface area (Å²) in [5, 5.41) is 6.45. The lowest BCUT2D eigenvalue weighted by molar-refractivity contribution is -0.143. The molecule has 0 radical (unpaired) electrons. The second-order valence-electron chi connectivity index (χ2n) is 6.84. The molecule has 1 heterocycles. The monoisotopic (exact) mass is 498 g/mol. The Labute approximate surface area is 192 Å². The number of hydrogen-bond donors (Lipinski definition) is 2. The molecule has 3 rings (SSSR count). The predicted octanol–water partition coefficient (Wildman–Crippen LogP) is 4.40. The van der Waals surface area contributed by atoms with Crippen molar-refractivity contribution in [2.24, 2.45) is 0 Å². The van der Waals surface area contributed by atoms with Gasteiger partial charge in [-0.05, 0) is 42.0 Å². The highest BCUT2D eigenvalue weighted by Gasteiger charge is 2.40. The Bertz CT molecular complexity index is 1260. The minimum absolute atomic E-state index is 0.0846. The van der Waals surface area contributed by atoms with Gasteiger partial charge in [-0.2, -0.15) is 18.3 Å². The number of sulfonamides is 1. The van der Waals surface area contributed by atoms with E-state index in [2.05, 4.69) is 21.7 Å². The molecule has 0 unspecified atom stereocenters. The summed E-state index contributed by atoms with van der Waals surface area (Å²) in [4.78, 5) is 12.6. The summed E-state index contributed by atoms with van der Waals surface area (Å²) in [6, 6.07) is 11.2. The molecule has 12 heteroatoms. The first-order chi connectivity index (χ1) is 15.5. The van der Waals surface area contributed by atoms with E-state index in [0.29, 0.717) is 15.3 Å². The number of nitrogens with zero attached hydrogens (tertiary/aromatic N) is 2. The number of amides is 1. The first kappa shape index (κ1) is 24.5. The van der Waals surface area contributed by atoms with Gasteiger partial charge in [0.2, 0.25) is 10.0 Å². The van der Waals surface area contributed by atoms with Crippen LogP contribution in [0.1, 0.15) is 21.6 Å². The van der Waals surface area contributed by atoms with Crippen LogP contribution >= 0.6 is 11.6 Å². The van der Waals surface area contributed by atoms with Gasteiger partial charge in [0, 0.05) is 17.3 Å². The van der Waals surface area contributed by atoms with Crippen molar-refractivity contribution in [1.82, 2.24) is 14.5 Å². The molecule has 7 nitrogen and oxygen atoms in total. The van der Waals surface area contributed by atoms with Gasteiger partial charge in [0.1, 0.15) is 0 Å². The minimum Gasteiger partial charge on any atom is -0.322 e. The molecule has 0 aliphatic heterocycles. The molecule has 0 bridgehead atoms. The molecule has 3 aromatic rings. The zero-order valence-corrected chi connectivity index (χ0v) is 18.5. The third-order valence-electron chi connectivity index (χ3n) is 4.37. The number of benzene rings is 2. The average Bonchev–Trinajstić information content (AvgIpc) is 3.20. The second kappa shape index (κ2) is 9.77. The zero-order valence-electron chi connectivity index (χ0n) is 16.9. The van der Waals surface area contributed by atoms with E-state index in [9.17, 15) is 26.4 Å². The molecule has 2 aromatic carbocycles. The molecular weight excluding hydrogens is 481 g/mol. The molecular formula is C21H18ClF3N4O3S. The van der Waals surface area contributed by atoms with Crippen molar-refractivity contribution in [1.29, 1.82) is 0 Å². The molecule has 0 saturated heterocycles. The van der Waals surface area contributed by atoms with E-state index in [1.54, 1.807) is 0 Å². The molecule has 0 saturated carbocycles. The van der Waals surface area contributed by atoms with Crippen molar-refractivity contribution in [3.05, 3.63) is 89.2 Å². The molecule has 2 N–H and O–H groups in total. The van der Waals surface area contributed by atoms with Gasteiger partial charge in [0.05, 0.1) is 23.2 Å². The van der Waals surface area contributed by atoms with Crippen LogP contribution in [0.15, 0.2) is 67.4 Å². The smallest absolute Gasteiger partial charge is 0.322 e. The Morgan fingerprint density at radius 2 is 1.76 bits per heavy atom. The van der Waals surface area contributed by atoms with Crippen molar-refractivity contribution in [2.45, 2.75) is 11.9 Å². The van der Waals surface area contributed by atoms with Crippen LogP contribution in [0.5, 0.6) is 0 Å². The molecule has 0 aliphatic carbocycles. The van der Waals surface area contributed by atoms with Crippen LogP contribution < -0.4 is 10.0 Å². The molecule has 0 fully saturated rings. The molecule has 33 heavy (non-hydrogen) atoms. The van der Waals surface area contributed by atoms with Gasteiger partial charge >= 0.3 is 6.18 Å². The summed E-state index contributed by atoms with van der Waals surface area (Å²) < 4.78 is 68.1. The maximum Gasteiger partial charge on any atom is 0.434 e. The number of anilines is 1. The summed E-state index contributed by atoms with van der Waals surface area (Å²) in [5.74, 6) is -1.32. The quantitative estimate of drug-likeness (QED) is 0.450. The number of halogens is 4. The fourth-order valence-electron chi connectivity index (χ4n) is 2.90. The summed E-state index contributed by atoms with van der Waals surface area (Å²) in [6.07, 6.45) is -2.63. The average molecular weight is 499 g/mol. The van der Waals surface area contributed by atoms with Crippen LogP contribution in [0.25, 0.3) is 5.69 Å². The van der Waals surface area contributed by atoms with Gasteiger partial charge in [-0.25, -0.2) is 17.8 Å². The molecule has 0 atom stereocenters. The van der Waals surface area contributed by atoms with E-state index in [1.165, 1.54) is 54.6 Å². The first-order valence-electron chi connectivity index (χ1n) is 9.40. The fraction of sp³-hybridized carbons (Fsp3) is 0.143. The van der Waals surface area contributed by atoms with Gasteiger partial charge < -0.3 is 5.32 Å². The molecule has 0 spiro atoms. The van der Waals surface area contributed by atoms with Crippen molar-refractivity contribution in [3.63, 3.8) is 0 Å². The number of hydrogen-bond acceptors (Lipinski definition) is 4. The van der Waals surface area contributed by atoms with Crippen LogP contribution in [0.3, 0.4) is 0 Å². The van der Waals surface area contributed by atoms with Crippen molar-refractivity contribution in [2.75, 3.05) is 11.9 Å². The lowest BCUT2D eigenvalue weighted by Crippen LogP contribution is -2.25. The summed E-state index contributed by atoms with van der Waals surface area (Å²) >= 11 is 5.79. The lowest BCUT2D eigenvalue weighted by atomic mass is 10.2. The van der Waals surface area contributed by atoms with E-state index in [1.807, 2.05) is 0 Å². The van der Waals surface area contributed by atoms with E-state index in [-0.39, 0.29) is 23.7 Å². The second-order valence-corrected chi connectivity index (χ2v) is 9.08. The Balaban J connectivity index is 1.82. The molecule has 1 amide bonds. The predicted molar refractivity (Wildman–Crippen MR) is 119 cm³/mol. The van der Waals surface area contributed by atoms with Crippen LogP contribution in [-0.4, -0.2) is 30.7 Å². The highest BCUT2D eigenvalue weighted by Crippen LogP contribution is 2.34. The number of rotatable bonds is 8. The summed E-state index contributed by atoms with van der Waals surface area (Å²) in [7, 11) is -3.58. The number of alkyl halides is 3. The van der Waals surface area contributed by atoms with Crippen molar-refractivity contribution >= 4 is 33.2 Å². The Hall–Kier alpha value is -3.15. The van der Waals surface area contributed by atoms with Crippen LogP contribution in [0.2, 0.25) is 5.02 Å². The highest BCUT2D eigenvalue weighted by atomic mass is 35.5. The third-order valence-corrected chi connectivity index (χ3v) is 5.94. The molecule has 0 aliphatic rings. The normalized spacial score (nSPS) is 11.9. The maximum absolute atomic E-state index is 13.8. The van der Waals surface area contributed by atoms with Crippen molar-refractivity contribution < 1.29 is 26.4 Å².